The van der Waals surface area contributed by atoms with Crippen molar-refractivity contribution < 1.29 is 19.6 Å². The Labute approximate surface area is 108 Å². The van der Waals surface area contributed by atoms with Crippen LogP contribution in [0.5, 0.6) is 0 Å². The van der Waals surface area contributed by atoms with E-state index >= 15 is 0 Å². The zero-order valence-electron chi connectivity index (χ0n) is 10.2. The maximum Gasteiger partial charge on any atom is 0.310 e. The lowest BCUT2D eigenvalue weighted by molar-refractivity contribution is -0.385. The quantitative estimate of drug-likeness (QED) is 0.500. The van der Waals surface area contributed by atoms with Crippen molar-refractivity contribution in [3.05, 3.63) is 33.9 Å². The van der Waals surface area contributed by atoms with E-state index in [9.17, 15) is 19.7 Å². The van der Waals surface area contributed by atoms with Gasteiger partial charge in [0.25, 0.3) is 5.69 Å². The molecule has 1 heterocycles. The number of carboxylic acid groups (broad SMARTS) is 1. The number of nitro benzene ring substituents is 1. The van der Waals surface area contributed by atoms with Crippen molar-refractivity contribution in [1.82, 2.24) is 0 Å². The Kier molecular flexibility index (Phi) is 3.20. The molecule has 0 aliphatic carbocycles. The van der Waals surface area contributed by atoms with Gasteiger partial charge in [0, 0.05) is 24.8 Å². The Morgan fingerprint density at radius 3 is 2.53 bits per heavy atom. The fourth-order valence-electron chi connectivity index (χ4n) is 2.01. The summed E-state index contributed by atoms with van der Waals surface area (Å²) in [6.07, 6.45) is 0. The van der Waals surface area contributed by atoms with Crippen molar-refractivity contribution in [2.24, 2.45) is 5.92 Å². The zero-order chi connectivity index (χ0) is 14.2. The number of nitrogens with zero attached hydrogens (tertiary/aromatic N) is 2. The Bertz CT molecular complexity index is 563. The number of Topliss-reactive ketones (excluding diaryl/α,β-unsaturated/α-hetero) is 1. The van der Waals surface area contributed by atoms with Crippen LogP contribution in [0.2, 0.25) is 0 Å². The van der Waals surface area contributed by atoms with E-state index in [0.717, 1.165) is 0 Å². The lowest BCUT2D eigenvalue weighted by Gasteiger charge is -2.38. The lowest BCUT2D eigenvalue weighted by Crippen LogP contribution is -2.50. The van der Waals surface area contributed by atoms with Crippen molar-refractivity contribution in [2.45, 2.75) is 6.92 Å². The predicted octanol–water partition coefficient (Wildman–Crippen LogP) is 1.32. The molecule has 1 N–H and O–H groups in total. The molecule has 0 atom stereocenters. The molecule has 2 rings (SSSR count). The number of aliphatic carboxylic acids is 1. The monoisotopic (exact) mass is 264 g/mol. The average molecular weight is 264 g/mol. The lowest BCUT2D eigenvalue weighted by atomic mass is 9.98. The molecule has 1 saturated heterocycles. The van der Waals surface area contributed by atoms with Crippen LogP contribution in [-0.2, 0) is 4.79 Å². The van der Waals surface area contributed by atoms with Crippen LogP contribution in [-0.4, -0.2) is 34.9 Å². The second-order valence-corrected chi connectivity index (χ2v) is 4.45. The van der Waals surface area contributed by atoms with Gasteiger partial charge >= 0.3 is 5.97 Å². The van der Waals surface area contributed by atoms with Gasteiger partial charge in [0.2, 0.25) is 0 Å². The summed E-state index contributed by atoms with van der Waals surface area (Å²) in [5.41, 5.74) is 0.445. The highest BCUT2D eigenvalue weighted by Gasteiger charge is 2.33. The smallest absolute Gasteiger partial charge is 0.310 e. The van der Waals surface area contributed by atoms with Crippen LogP contribution in [0.4, 0.5) is 11.4 Å². The topological polar surface area (TPSA) is 101 Å². The molecule has 7 heteroatoms. The van der Waals surface area contributed by atoms with Crippen molar-refractivity contribution in [3.63, 3.8) is 0 Å². The summed E-state index contributed by atoms with van der Waals surface area (Å²) >= 11 is 0. The summed E-state index contributed by atoms with van der Waals surface area (Å²) in [6, 6.07) is 4.25. The number of nitro groups is 1. The highest BCUT2D eigenvalue weighted by molar-refractivity contribution is 5.99. The van der Waals surface area contributed by atoms with E-state index < -0.39 is 16.8 Å². The molecule has 0 bridgehead atoms. The van der Waals surface area contributed by atoms with Crippen LogP contribution in [0.15, 0.2) is 18.2 Å². The predicted molar refractivity (Wildman–Crippen MR) is 66.4 cm³/mol. The molecule has 100 valence electrons. The second-order valence-electron chi connectivity index (χ2n) is 4.45. The number of benzene rings is 1. The third-order valence-corrected chi connectivity index (χ3v) is 3.15. The third kappa shape index (κ3) is 2.40. The van der Waals surface area contributed by atoms with Crippen LogP contribution >= 0.6 is 0 Å². The molecule has 1 fully saturated rings. The summed E-state index contributed by atoms with van der Waals surface area (Å²) in [5, 5.41) is 19.6. The van der Waals surface area contributed by atoms with Gasteiger partial charge in [0.1, 0.15) is 0 Å². The van der Waals surface area contributed by atoms with Crippen LogP contribution in [0, 0.1) is 16.0 Å². The molecule has 7 nitrogen and oxygen atoms in total. The zero-order valence-corrected chi connectivity index (χ0v) is 10.2. The SMILES string of the molecule is CC(=O)c1cc(N2CC(C(=O)O)C2)ccc1[N+](=O)[O-]. The number of ketones is 1. The number of carbonyl (C=O) groups is 2. The van der Waals surface area contributed by atoms with Gasteiger partial charge < -0.3 is 10.0 Å². The Balaban J connectivity index is 2.25. The molecule has 1 aliphatic rings. The van der Waals surface area contributed by atoms with Crippen molar-refractivity contribution in [1.29, 1.82) is 0 Å². The van der Waals surface area contributed by atoms with Crippen molar-refractivity contribution in [2.75, 3.05) is 18.0 Å². The first kappa shape index (κ1) is 13.0. The molecule has 0 unspecified atom stereocenters. The van der Waals surface area contributed by atoms with Crippen molar-refractivity contribution >= 4 is 23.1 Å². The fraction of sp³-hybridized carbons (Fsp3) is 0.333. The summed E-state index contributed by atoms with van der Waals surface area (Å²) in [7, 11) is 0. The molecule has 1 aromatic carbocycles. The molecular weight excluding hydrogens is 252 g/mol. The van der Waals surface area contributed by atoms with Gasteiger partial charge in [-0.05, 0) is 19.1 Å². The molecule has 0 aromatic heterocycles. The van der Waals surface area contributed by atoms with Crippen molar-refractivity contribution in [3.8, 4) is 0 Å². The first-order chi connectivity index (χ1) is 8.90. The highest BCUT2D eigenvalue weighted by Crippen LogP contribution is 2.29. The minimum Gasteiger partial charge on any atom is -0.481 e. The van der Waals surface area contributed by atoms with Gasteiger partial charge in [-0.1, -0.05) is 0 Å². The van der Waals surface area contributed by atoms with E-state index in [1.807, 2.05) is 0 Å². The minimum absolute atomic E-state index is 0.0428. The van der Waals surface area contributed by atoms with Gasteiger partial charge in [-0.15, -0.1) is 0 Å². The largest absolute Gasteiger partial charge is 0.481 e. The fourth-order valence-corrected chi connectivity index (χ4v) is 2.01. The van der Waals surface area contributed by atoms with Gasteiger partial charge in [-0.2, -0.15) is 0 Å². The van der Waals surface area contributed by atoms with Crippen LogP contribution in [0.3, 0.4) is 0 Å². The van der Waals surface area contributed by atoms with Crippen LogP contribution in [0.25, 0.3) is 0 Å². The van der Waals surface area contributed by atoms with Crippen LogP contribution in [0.1, 0.15) is 17.3 Å². The Morgan fingerprint density at radius 1 is 1.42 bits per heavy atom. The number of hydrogen-bond donors (Lipinski definition) is 1. The molecule has 1 aromatic rings. The molecule has 0 spiro atoms. The van der Waals surface area contributed by atoms with Gasteiger partial charge in [-0.25, -0.2) is 0 Å². The number of rotatable bonds is 4. The number of carboxylic acids is 1. The maximum atomic E-state index is 11.4. The van der Waals surface area contributed by atoms with E-state index in [2.05, 4.69) is 0 Å². The molecule has 0 saturated carbocycles. The molecular formula is C12H12N2O5. The van der Waals surface area contributed by atoms with Gasteiger partial charge in [-0.3, -0.25) is 19.7 Å². The molecule has 0 radical (unpaired) electrons. The molecule has 1 aliphatic heterocycles. The molecule has 0 amide bonds. The van der Waals surface area contributed by atoms with Gasteiger partial charge in [0.15, 0.2) is 5.78 Å². The average Bonchev–Trinajstić information content (AvgIpc) is 2.25. The highest BCUT2D eigenvalue weighted by atomic mass is 16.6. The van der Waals surface area contributed by atoms with E-state index in [0.29, 0.717) is 18.8 Å². The Hall–Kier alpha value is -2.44. The van der Waals surface area contributed by atoms with E-state index in [4.69, 9.17) is 5.11 Å². The Morgan fingerprint density at radius 2 is 2.05 bits per heavy atom. The summed E-state index contributed by atoms with van der Waals surface area (Å²) < 4.78 is 0. The van der Waals surface area contributed by atoms with E-state index in [-0.39, 0.29) is 17.0 Å². The van der Waals surface area contributed by atoms with Gasteiger partial charge in [0.05, 0.1) is 16.4 Å². The molecule has 19 heavy (non-hydrogen) atoms. The number of hydrogen-bond acceptors (Lipinski definition) is 5. The number of anilines is 1. The normalized spacial score (nSPS) is 14.9. The van der Waals surface area contributed by atoms with E-state index in [1.165, 1.54) is 25.1 Å². The van der Waals surface area contributed by atoms with E-state index in [1.54, 1.807) is 4.90 Å². The van der Waals surface area contributed by atoms with Crippen LogP contribution < -0.4 is 4.90 Å². The summed E-state index contributed by atoms with van der Waals surface area (Å²) in [4.78, 5) is 34.1. The first-order valence-electron chi connectivity index (χ1n) is 5.67. The summed E-state index contributed by atoms with van der Waals surface area (Å²) in [6.45, 7) is 1.97. The maximum absolute atomic E-state index is 11.4. The first-order valence-corrected chi connectivity index (χ1v) is 5.67. The second kappa shape index (κ2) is 4.68. The minimum atomic E-state index is -0.857. The standard InChI is InChI=1S/C12H12N2O5/c1-7(15)10-4-9(2-3-11(10)14(18)19)13-5-8(6-13)12(16)17/h2-4,8H,5-6H2,1H3,(H,16,17). The third-order valence-electron chi connectivity index (χ3n) is 3.15. The number of carbonyl (C=O) groups excluding carboxylic acids is 1. The summed E-state index contributed by atoms with van der Waals surface area (Å²) in [5.74, 6) is -1.66.